The molecule has 0 aliphatic rings. The molecule has 0 bridgehead atoms. The van der Waals surface area contributed by atoms with Crippen molar-refractivity contribution in [2.45, 2.75) is 0 Å². The highest BCUT2D eigenvalue weighted by Crippen LogP contribution is 2.29. The van der Waals surface area contributed by atoms with E-state index in [0.717, 1.165) is 28.0 Å². The summed E-state index contributed by atoms with van der Waals surface area (Å²) in [6, 6.07) is 18.0. The lowest BCUT2D eigenvalue weighted by Crippen LogP contribution is -1.79. The lowest BCUT2D eigenvalue weighted by Gasteiger charge is -1.97. The van der Waals surface area contributed by atoms with Crippen LogP contribution in [0.3, 0.4) is 0 Å². The molecular weight excluding hydrogens is 212 g/mol. The summed E-state index contributed by atoms with van der Waals surface area (Å²) in [7, 11) is 1.65. The van der Waals surface area contributed by atoms with Crippen LogP contribution < -0.4 is 4.74 Å². The molecule has 0 radical (unpaired) electrons. The molecule has 0 amide bonds. The van der Waals surface area contributed by atoms with E-state index in [1.807, 2.05) is 54.6 Å². The molecule has 0 atom stereocenters. The lowest BCUT2D eigenvalue weighted by atomic mass is 10.1. The molecule has 0 aliphatic heterocycles. The normalized spacial score (nSPS) is 10.6. The lowest BCUT2D eigenvalue weighted by molar-refractivity contribution is 0.414. The highest BCUT2D eigenvalue weighted by atomic mass is 16.5. The standard InChI is InChI=1S/C15H12O2/c1-16-13-8-7-12-9-14(17-15(12)10-13)11-5-3-2-4-6-11/h2-10H,1H3. The van der Waals surface area contributed by atoms with Gasteiger partial charge >= 0.3 is 0 Å². The third-order valence-electron chi connectivity index (χ3n) is 2.79. The van der Waals surface area contributed by atoms with Crippen molar-refractivity contribution in [3.8, 4) is 17.1 Å². The average Bonchev–Trinajstić information content (AvgIpc) is 2.82. The molecule has 2 nitrogen and oxygen atoms in total. The summed E-state index contributed by atoms with van der Waals surface area (Å²) in [5, 5.41) is 1.09. The molecule has 3 aromatic rings. The Kier molecular flexibility index (Phi) is 2.33. The zero-order valence-electron chi connectivity index (χ0n) is 9.51. The molecule has 0 N–H and O–H groups in total. The van der Waals surface area contributed by atoms with Crippen molar-refractivity contribution < 1.29 is 9.15 Å². The zero-order valence-corrected chi connectivity index (χ0v) is 9.51. The number of hydrogen-bond donors (Lipinski definition) is 0. The van der Waals surface area contributed by atoms with E-state index in [1.165, 1.54) is 0 Å². The van der Waals surface area contributed by atoms with Crippen LogP contribution in [0.2, 0.25) is 0 Å². The van der Waals surface area contributed by atoms with E-state index in [2.05, 4.69) is 0 Å². The van der Waals surface area contributed by atoms with Crippen molar-refractivity contribution in [3.63, 3.8) is 0 Å². The molecule has 17 heavy (non-hydrogen) atoms. The summed E-state index contributed by atoms with van der Waals surface area (Å²) >= 11 is 0. The molecule has 0 saturated carbocycles. The monoisotopic (exact) mass is 224 g/mol. The molecule has 3 rings (SSSR count). The highest BCUT2D eigenvalue weighted by Gasteiger charge is 2.06. The maximum absolute atomic E-state index is 5.82. The minimum Gasteiger partial charge on any atom is -0.497 e. The first-order chi connectivity index (χ1) is 8.36. The summed E-state index contributed by atoms with van der Waals surface area (Å²) in [5.74, 6) is 1.69. The van der Waals surface area contributed by atoms with Crippen LogP contribution in [0.5, 0.6) is 5.75 Å². The van der Waals surface area contributed by atoms with Gasteiger partial charge in [0, 0.05) is 17.0 Å². The van der Waals surface area contributed by atoms with Gasteiger partial charge in [-0.25, -0.2) is 0 Å². The fraction of sp³-hybridized carbons (Fsp3) is 0.0667. The molecule has 1 aromatic heterocycles. The summed E-state index contributed by atoms with van der Waals surface area (Å²) in [6.07, 6.45) is 0. The third-order valence-corrected chi connectivity index (χ3v) is 2.79. The SMILES string of the molecule is COc1ccc2cc(-c3ccccc3)oc2c1. The first-order valence-electron chi connectivity index (χ1n) is 5.50. The van der Waals surface area contributed by atoms with E-state index in [1.54, 1.807) is 7.11 Å². The number of benzene rings is 2. The number of rotatable bonds is 2. The second kappa shape index (κ2) is 3.98. The molecule has 0 aliphatic carbocycles. The third kappa shape index (κ3) is 1.78. The van der Waals surface area contributed by atoms with Gasteiger partial charge in [-0.05, 0) is 18.2 Å². The van der Waals surface area contributed by atoms with Crippen molar-refractivity contribution >= 4 is 11.0 Å². The van der Waals surface area contributed by atoms with Crippen LogP contribution in [0.15, 0.2) is 59.0 Å². The Morgan fingerprint density at radius 2 is 1.76 bits per heavy atom. The predicted molar refractivity (Wildman–Crippen MR) is 68.2 cm³/mol. The maximum atomic E-state index is 5.82. The fourth-order valence-corrected chi connectivity index (χ4v) is 1.88. The van der Waals surface area contributed by atoms with Crippen LogP contribution in [0.4, 0.5) is 0 Å². The van der Waals surface area contributed by atoms with Crippen molar-refractivity contribution in [1.29, 1.82) is 0 Å². The Labute approximate surface area is 99.4 Å². The Hall–Kier alpha value is -2.22. The molecule has 0 unspecified atom stereocenters. The first kappa shape index (κ1) is 9.97. The van der Waals surface area contributed by atoms with Crippen LogP contribution in [0.1, 0.15) is 0 Å². The Morgan fingerprint density at radius 3 is 2.53 bits per heavy atom. The number of ether oxygens (including phenoxy) is 1. The van der Waals surface area contributed by atoms with Crippen molar-refractivity contribution in [2.24, 2.45) is 0 Å². The number of fused-ring (bicyclic) bond motifs is 1. The molecule has 84 valence electrons. The van der Waals surface area contributed by atoms with Crippen molar-refractivity contribution in [1.82, 2.24) is 0 Å². The highest BCUT2D eigenvalue weighted by molar-refractivity contribution is 5.83. The van der Waals surface area contributed by atoms with Gasteiger partial charge in [-0.3, -0.25) is 0 Å². The number of methoxy groups -OCH3 is 1. The minimum absolute atomic E-state index is 0.812. The van der Waals surface area contributed by atoms with E-state index < -0.39 is 0 Å². The maximum Gasteiger partial charge on any atom is 0.138 e. The Morgan fingerprint density at radius 1 is 0.941 bits per heavy atom. The van der Waals surface area contributed by atoms with E-state index >= 15 is 0 Å². The average molecular weight is 224 g/mol. The van der Waals surface area contributed by atoms with E-state index in [-0.39, 0.29) is 0 Å². The van der Waals surface area contributed by atoms with E-state index in [0.29, 0.717) is 0 Å². The smallest absolute Gasteiger partial charge is 0.138 e. The summed E-state index contributed by atoms with van der Waals surface area (Å²) < 4.78 is 11.0. The molecule has 0 fully saturated rings. The molecule has 0 spiro atoms. The molecule has 2 aromatic carbocycles. The van der Waals surface area contributed by atoms with Gasteiger partial charge in [0.25, 0.3) is 0 Å². The van der Waals surface area contributed by atoms with Gasteiger partial charge in [0.15, 0.2) is 0 Å². The number of hydrogen-bond acceptors (Lipinski definition) is 2. The summed E-state index contributed by atoms with van der Waals surface area (Å²) in [5.41, 5.74) is 1.94. The molecular formula is C15H12O2. The second-order valence-electron chi connectivity index (χ2n) is 3.88. The summed E-state index contributed by atoms with van der Waals surface area (Å²) in [4.78, 5) is 0. The van der Waals surface area contributed by atoms with Crippen LogP contribution in [-0.2, 0) is 0 Å². The van der Waals surface area contributed by atoms with Crippen LogP contribution in [0, 0.1) is 0 Å². The molecule has 2 heteroatoms. The Balaban J connectivity index is 2.14. The number of furan rings is 1. The van der Waals surface area contributed by atoms with Gasteiger partial charge < -0.3 is 9.15 Å². The van der Waals surface area contributed by atoms with Gasteiger partial charge in [-0.2, -0.15) is 0 Å². The van der Waals surface area contributed by atoms with Gasteiger partial charge in [-0.15, -0.1) is 0 Å². The van der Waals surface area contributed by atoms with Gasteiger partial charge in [0.2, 0.25) is 0 Å². The predicted octanol–water partition coefficient (Wildman–Crippen LogP) is 4.11. The van der Waals surface area contributed by atoms with Crippen LogP contribution >= 0.6 is 0 Å². The quantitative estimate of drug-likeness (QED) is 0.653. The first-order valence-corrected chi connectivity index (χ1v) is 5.50. The largest absolute Gasteiger partial charge is 0.497 e. The Bertz CT molecular complexity index is 638. The van der Waals surface area contributed by atoms with Crippen molar-refractivity contribution in [3.05, 3.63) is 54.6 Å². The van der Waals surface area contributed by atoms with Crippen LogP contribution in [-0.4, -0.2) is 7.11 Å². The van der Waals surface area contributed by atoms with Gasteiger partial charge in [0.05, 0.1) is 7.11 Å². The van der Waals surface area contributed by atoms with Gasteiger partial charge in [-0.1, -0.05) is 30.3 Å². The fourth-order valence-electron chi connectivity index (χ4n) is 1.88. The summed E-state index contributed by atoms with van der Waals surface area (Å²) in [6.45, 7) is 0. The minimum atomic E-state index is 0.812. The van der Waals surface area contributed by atoms with E-state index in [4.69, 9.17) is 9.15 Å². The molecule has 1 heterocycles. The zero-order chi connectivity index (χ0) is 11.7. The topological polar surface area (TPSA) is 22.4 Å². The van der Waals surface area contributed by atoms with E-state index in [9.17, 15) is 0 Å². The molecule has 0 saturated heterocycles. The van der Waals surface area contributed by atoms with Crippen molar-refractivity contribution in [2.75, 3.05) is 7.11 Å². The second-order valence-corrected chi connectivity index (χ2v) is 3.88. The van der Waals surface area contributed by atoms with Gasteiger partial charge in [0.1, 0.15) is 17.1 Å². The van der Waals surface area contributed by atoms with Crippen LogP contribution in [0.25, 0.3) is 22.3 Å².